The molecule has 0 radical (unpaired) electrons. The summed E-state index contributed by atoms with van der Waals surface area (Å²) in [5, 5.41) is 9.31. The molecule has 1 aromatic heterocycles. The third-order valence-corrected chi connectivity index (χ3v) is 5.39. The average molecular weight is 400 g/mol. The molecule has 1 aliphatic carbocycles. The van der Waals surface area contributed by atoms with E-state index in [0.29, 0.717) is 24.9 Å². The van der Waals surface area contributed by atoms with Gasteiger partial charge in [0.05, 0.1) is 0 Å². The zero-order valence-electron chi connectivity index (χ0n) is 15.7. The molecule has 0 unspecified atom stereocenters. The Morgan fingerprint density at radius 2 is 2.07 bits per heavy atom. The third-order valence-electron chi connectivity index (χ3n) is 5.39. The second-order valence-corrected chi connectivity index (χ2v) is 7.33. The molecule has 1 aliphatic heterocycles. The number of nitrogens with zero attached hydrogens (tertiary/aromatic N) is 4. The molecule has 0 bridgehead atoms. The number of carbonyl (C=O) groups is 3. The molecule has 10 heteroatoms. The van der Waals surface area contributed by atoms with Crippen molar-refractivity contribution in [3.05, 3.63) is 36.7 Å². The quantitative estimate of drug-likeness (QED) is 0.721. The number of halogens is 1. The van der Waals surface area contributed by atoms with E-state index in [2.05, 4.69) is 20.7 Å². The Balaban J connectivity index is 1.29. The van der Waals surface area contributed by atoms with Crippen LogP contribution in [0.2, 0.25) is 0 Å². The van der Waals surface area contributed by atoms with Crippen LogP contribution in [-0.2, 0) is 9.59 Å². The summed E-state index contributed by atoms with van der Waals surface area (Å²) in [6.07, 6.45) is 6.31. The van der Waals surface area contributed by atoms with Gasteiger partial charge in [-0.3, -0.25) is 14.5 Å². The van der Waals surface area contributed by atoms with Gasteiger partial charge in [0.15, 0.2) is 5.82 Å². The van der Waals surface area contributed by atoms with Gasteiger partial charge in [0.1, 0.15) is 23.9 Å². The second-order valence-electron chi connectivity index (χ2n) is 7.33. The minimum atomic E-state index is -0.733. The predicted octanol–water partition coefficient (Wildman–Crippen LogP) is 1.99. The summed E-state index contributed by atoms with van der Waals surface area (Å²) in [5.74, 6) is -1.05. The van der Waals surface area contributed by atoms with Crippen molar-refractivity contribution in [3.63, 3.8) is 0 Å². The van der Waals surface area contributed by atoms with Crippen LogP contribution in [0.5, 0.6) is 0 Å². The molecule has 2 heterocycles. The highest BCUT2D eigenvalue weighted by atomic mass is 19.1. The molecule has 1 saturated heterocycles. The maximum Gasteiger partial charge on any atom is 0.325 e. The summed E-state index contributed by atoms with van der Waals surface area (Å²) in [6.45, 7) is 0.180. The molecule has 2 fully saturated rings. The predicted molar refractivity (Wildman–Crippen MR) is 101 cm³/mol. The Bertz CT molecular complexity index is 939. The van der Waals surface area contributed by atoms with Gasteiger partial charge < -0.3 is 10.6 Å². The van der Waals surface area contributed by atoms with Crippen molar-refractivity contribution in [1.82, 2.24) is 25.0 Å². The lowest BCUT2D eigenvalue weighted by Crippen LogP contribution is -2.44. The van der Waals surface area contributed by atoms with E-state index in [1.54, 1.807) is 6.07 Å². The van der Waals surface area contributed by atoms with E-state index in [1.165, 1.54) is 34.4 Å². The van der Waals surface area contributed by atoms with Crippen LogP contribution in [-0.4, -0.2) is 49.6 Å². The van der Waals surface area contributed by atoms with Crippen LogP contribution < -0.4 is 10.6 Å². The average Bonchev–Trinajstić information content (AvgIpc) is 3.41. The van der Waals surface area contributed by atoms with Crippen LogP contribution in [0.1, 0.15) is 38.5 Å². The van der Waals surface area contributed by atoms with E-state index < -0.39 is 11.4 Å². The fourth-order valence-corrected chi connectivity index (χ4v) is 3.92. The number of hydrogen-bond acceptors (Lipinski definition) is 5. The monoisotopic (exact) mass is 400 g/mol. The number of amides is 4. The molecule has 9 nitrogen and oxygen atoms in total. The van der Waals surface area contributed by atoms with Gasteiger partial charge in [0.2, 0.25) is 5.91 Å². The first kappa shape index (κ1) is 19.0. The van der Waals surface area contributed by atoms with E-state index in [-0.39, 0.29) is 36.5 Å². The first-order valence-electron chi connectivity index (χ1n) is 9.57. The number of carbonyl (C=O) groups excluding carboxylic acids is 3. The Morgan fingerprint density at radius 3 is 2.76 bits per heavy atom. The van der Waals surface area contributed by atoms with E-state index in [0.717, 1.165) is 12.8 Å². The Morgan fingerprint density at radius 1 is 1.28 bits per heavy atom. The second kappa shape index (κ2) is 7.61. The van der Waals surface area contributed by atoms with Crippen LogP contribution in [0.3, 0.4) is 0 Å². The minimum Gasteiger partial charge on any atom is -0.326 e. The summed E-state index contributed by atoms with van der Waals surface area (Å²) in [6, 6.07) is 3.88. The van der Waals surface area contributed by atoms with E-state index in [9.17, 15) is 18.8 Å². The van der Waals surface area contributed by atoms with Crippen molar-refractivity contribution in [1.29, 1.82) is 0 Å². The summed E-state index contributed by atoms with van der Waals surface area (Å²) in [4.78, 5) is 41.8. The van der Waals surface area contributed by atoms with Gasteiger partial charge in [-0.05, 0) is 37.5 Å². The summed E-state index contributed by atoms with van der Waals surface area (Å²) in [7, 11) is 0. The van der Waals surface area contributed by atoms with E-state index in [1.807, 2.05) is 0 Å². The van der Waals surface area contributed by atoms with Gasteiger partial charge in [-0.15, -0.1) is 0 Å². The number of aromatic nitrogens is 3. The molecule has 4 rings (SSSR count). The fraction of sp³-hybridized carbons (Fsp3) is 0.421. The zero-order valence-corrected chi connectivity index (χ0v) is 15.7. The molecule has 2 N–H and O–H groups in total. The number of hydrogen-bond donors (Lipinski definition) is 2. The summed E-state index contributed by atoms with van der Waals surface area (Å²) >= 11 is 0. The van der Waals surface area contributed by atoms with Gasteiger partial charge in [-0.2, -0.15) is 5.10 Å². The molecule has 2 aliphatic rings. The topological polar surface area (TPSA) is 109 Å². The van der Waals surface area contributed by atoms with Crippen molar-refractivity contribution < 1.29 is 18.8 Å². The molecule has 0 atom stereocenters. The number of imide groups is 1. The van der Waals surface area contributed by atoms with Crippen LogP contribution in [0, 0.1) is 5.82 Å². The molecule has 2 aromatic rings. The maximum absolute atomic E-state index is 14.2. The lowest BCUT2D eigenvalue weighted by Gasteiger charge is -2.19. The number of benzene rings is 1. The SMILES string of the molecule is O=C(CCCN1C(=O)NC2(CCCC2)C1=O)Nc1ccc(-n2cncn2)c(F)c1. The highest BCUT2D eigenvalue weighted by molar-refractivity contribution is 6.07. The highest BCUT2D eigenvalue weighted by Gasteiger charge is 2.51. The van der Waals surface area contributed by atoms with Crippen LogP contribution in [0.25, 0.3) is 5.69 Å². The third kappa shape index (κ3) is 3.69. The molecular formula is C19H21FN6O3. The molecule has 1 saturated carbocycles. The Kier molecular flexibility index (Phi) is 4.99. The van der Waals surface area contributed by atoms with Crippen molar-refractivity contribution in [3.8, 4) is 5.69 Å². The van der Waals surface area contributed by atoms with Crippen LogP contribution >= 0.6 is 0 Å². The van der Waals surface area contributed by atoms with E-state index in [4.69, 9.17) is 0 Å². The highest BCUT2D eigenvalue weighted by Crippen LogP contribution is 2.35. The van der Waals surface area contributed by atoms with Crippen LogP contribution in [0.15, 0.2) is 30.9 Å². The van der Waals surface area contributed by atoms with Gasteiger partial charge in [0, 0.05) is 18.7 Å². The first-order valence-corrected chi connectivity index (χ1v) is 9.57. The van der Waals surface area contributed by atoms with Crippen molar-refractivity contribution in [2.24, 2.45) is 0 Å². The summed E-state index contributed by atoms with van der Waals surface area (Å²) in [5.41, 5.74) is -0.195. The molecule has 152 valence electrons. The number of anilines is 1. The van der Waals surface area contributed by atoms with Gasteiger partial charge in [-0.25, -0.2) is 18.9 Å². The number of rotatable bonds is 6. The lowest BCUT2D eigenvalue weighted by molar-refractivity contribution is -0.131. The Labute approximate surface area is 166 Å². The molecule has 4 amide bonds. The Hall–Kier alpha value is -3.30. The smallest absolute Gasteiger partial charge is 0.325 e. The maximum atomic E-state index is 14.2. The first-order chi connectivity index (χ1) is 14.0. The van der Waals surface area contributed by atoms with Crippen molar-refractivity contribution >= 4 is 23.5 Å². The largest absolute Gasteiger partial charge is 0.326 e. The minimum absolute atomic E-state index is 0.108. The van der Waals surface area contributed by atoms with Crippen LogP contribution in [0.4, 0.5) is 14.9 Å². The zero-order chi connectivity index (χ0) is 20.4. The van der Waals surface area contributed by atoms with E-state index >= 15 is 0 Å². The van der Waals surface area contributed by atoms with Crippen molar-refractivity contribution in [2.75, 3.05) is 11.9 Å². The fourth-order valence-electron chi connectivity index (χ4n) is 3.92. The normalized spacial score (nSPS) is 17.8. The molecule has 1 aromatic carbocycles. The van der Waals surface area contributed by atoms with Gasteiger partial charge in [-0.1, -0.05) is 12.8 Å². The molecule has 1 spiro atoms. The lowest BCUT2D eigenvalue weighted by atomic mass is 9.98. The van der Waals surface area contributed by atoms with Crippen molar-refractivity contribution in [2.45, 2.75) is 44.1 Å². The number of urea groups is 1. The molecule has 29 heavy (non-hydrogen) atoms. The molecular weight excluding hydrogens is 379 g/mol. The van der Waals surface area contributed by atoms with Gasteiger partial charge in [0.25, 0.3) is 5.91 Å². The number of nitrogens with one attached hydrogen (secondary N) is 2. The summed E-state index contributed by atoms with van der Waals surface area (Å²) < 4.78 is 15.5. The standard InChI is InChI=1S/C19H21FN6O3/c20-14-10-13(5-6-15(14)26-12-21-11-22-26)23-16(27)4-3-9-25-17(28)19(24-18(25)29)7-1-2-8-19/h5-6,10-12H,1-4,7-9H2,(H,23,27)(H,24,29). The van der Waals surface area contributed by atoms with Gasteiger partial charge >= 0.3 is 6.03 Å².